The number of aliphatic hydroxyl groups excluding tert-OH is 1. The smallest absolute Gasteiger partial charge is 0.161 e. The van der Waals surface area contributed by atoms with Crippen LogP contribution in [0, 0.1) is 0 Å². The second-order valence-electron chi connectivity index (χ2n) is 5.73. The molecule has 1 aliphatic rings. The van der Waals surface area contributed by atoms with Crippen LogP contribution >= 0.6 is 0 Å². The van der Waals surface area contributed by atoms with Crippen LogP contribution < -0.4 is 14.8 Å². The molecule has 0 bridgehead atoms. The van der Waals surface area contributed by atoms with Crippen molar-refractivity contribution in [3.8, 4) is 11.5 Å². The summed E-state index contributed by atoms with van der Waals surface area (Å²) in [4.78, 5) is 0. The van der Waals surface area contributed by atoms with Crippen molar-refractivity contribution in [1.82, 2.24) is 0 Å². The summed E-state index contributed by atoms with van der Waals surface area (Å²) in [7, 11) is -3.08. The van der Waals surface area contributed by atoms with Crippen LogP contribution in [0.25, 0.3) is 0 Å². The van der Waals surface area contributed by atoms with Crippen LogP contribution in [-0.4, -0.2) is 56.9 Å². The van der Waals surface area contributed by atoms with Gasteiger partial charge in [0.25, 0.3) is 0 Å². The van der Waals surface area contributed by atoms with Crippen molar-refractivity contribution in [3.05, 3.63) is 23.8 Å². The highest BCUT2D eigenvalue weighted by atomic mass is 32.2. The van der Waals surface area contributed by atoms with Gasteiger partial charge in [-0.1, -0.05) is 6.07 Å². The molecule has 3 N–H and O–H groups in total. The molecule has 130 valence electrons. The van der Waals surface area contributed by atoms with Crippen LogP contribution in [0.5, 0.6) is 11.5 Å². The van der Waals surface area contributed by atoms with E-state index in [0.717, 1.165) is 30.0 Å². The van der Waals surface area contributed by atoms with Crippen LogP contribution in [0.3, 0.4) is 0 Å². The quantitative estimate of drug-likeness (QED) is 0.679. The van der Waals surface area contributed by atoms with E-state index in [0.29, 0.717) is 13.2 Å². The van der Waals surface area contributed by atoms with Gasteiger partial charge in [0.2, 0.25) is 0 Å². The van der Waals surface area contributed by atoms with E-state index in [1.807, 2.05) is 37.4 Å². The molecular formula is C16H26NO5S+. The topological polar surface area (TPSA) is 89.4 Å². The average molecular weight is 344 g/mol. The molecule has 0 aromatic heterocycles. The minimum Gasteiger partial charge on any atom is -0.490 e. The normalized spacial score (nSPS) is 22.9. The number of sulfone groups is 1. The van der Waals surface area contributed by atoms with Crippen molar-refractivity contribution in [2.45, 2.75) is 32.4 Å². The van der Waals surface area contributed by atoms with Gasteiger partial charge in [-0.15, -0.1) is 0 Å². The highest BCUT2D eigenvalue weighted by Gasteiger charge is 2.38. The molecule has 1 aliphatic heterocycles. The van der Waals surface area contributed by atoms with Gasteiger partial charge in [0.05, 0.1) is 25.5 Å². The maximum absolute atomic E-state index is 11.5. The number of hydrogen-bond donors (Lipinski definition) is 2. The number of rotatable bonds is 8. The molecular weight excluding hydrogens is 318 g/mol. The molecule has 0 aliphatic carbocycles. The summed E-state index contributed by atoms with van der Waals surface area (Å²) >= 11 is 0. The van der Waals surface area contributed by atoms with Crippen LogP contribution in [-0.2, 0) is 16.3 Å². The predicted octanol–water partition coefficient (Wildman–Crippen LogP) is -0.252. The van der Waals surface area contributed by atoms with Crippen LogP contribution in [0.2, 0.25) is 0 Å². The van der Waals surface area contributed by atoms with Crippen molar-refractivity contribution >= 4 is 9.84 Å². The molecule has 0 amide bonds. The molecule has 1 saturated heterocycles. The largest absolute Gasteiger partial charge is 0.490 e. The Labute approximate surface area is 137 Å². The molecule has 1 aromatic rings. The highest BCUT2D eigenvalue weighted by molar-refractivity contribution is 7.91. The molecule has 1 aromatic carbocycles. The predicted molar refractivity (Wildman–Crippen MR) is 87.7 cm³/mol. The molecule has 23 heavy (non-hydrogen) atoms. The summed E-state index contributed by atoms with van der Waals surface area (Å²) in [5.74, 6) is 1.41. The zero-order chi connectivity index (χ0) is 16.9. The fraction of sp³-hybridized carbons (Fsp3) is 0.625. The van der Waals surface area contributed by atoms with Gasteiger partial charge in [-0.3, -0.25) is 0 Å². The lowest BCUT2D eigenvalue weighted by Gasteiger charge is -2.14. The SMILES string of the molecule is CCOc1ccc(CC[NH2+][C@H]2CS(=O)(=O)C[C@H]2O)cc1OCC. The fourth-order valence-corrected chi connectivity index (χ4v) is 4.64. The van der Waals surface area contributed by atoms with Gasteiger partial charge in [0.15, 0.2) is 21.3 Å². The summed E-state index contributed by atoms with van der Waals surface area (Å²) in [5.41, 5.74) is 1.10. The van der Waals surface area contributed by atoms with Gasteiger partial charge in [-0.2, -0.15) is 0 Å². The minimum atomic E-state index is -3.08. The van der Waals surface area contributed by atoms with Gasteiger partial charge in [0, 0.05) is 6.42 Å². The Balaban J connectivity index is 1.91. The number of aliphatic hydroxyl groups is 1. The molecule has 7 heteroatoms. The van der Waals surface area contributed by atoms with Gasteiger partial charge in [-0.25, -0.2) is 8.42 Å². The van der Waals surface area contributed by atoms with Crippen molar-refractivity contribution < 1.29 is 28.3 Å². The first-order valence-electron chi connectivity index (χ1n) is 8.05. The second-order valence-corrected chi connectivity index (χ2v) is 7.88. The Morgan fingerprint density at radius 2 is 1.87 bits per heavy atom. The molecule has 2 rings (SSSR count). The third-order valence-electron chi connectivity index (χ3n) is 3.88. The van der Waals surface area contributed by atoms with E-state index >= 15 is 0 Å². The number of nitrogens with two attached hydrogens (primary N) is 1. The number of ether oxygens (including phenoxy) is 2. The number of hydrogen-bond acceptors (Lipinski definition) is 5. The Morgan fingerprint density at radius 1 is 1.17 bits per heavy atom. The summed E-state index contributed by atoms with van der Waals surface area (Å²) in [6, 6.07) is 5.60. The van der Waals surface area contributed by atoms with Crippen molar-refractivity contribution in [2.24, 2.45) is 0 Å². The molecule has 1 heterocycles. The third kappa shape index (κ3) is 5.09. The van der Waals surface area contributed by atoms with E-state index in [-0.39, 0.29) is 17.5 Å². The van der Waals surface area contributed by atoms with E-state index in [2.05, 4.69) is 0 Å². The molecule has 6 nitrogen and oxygen atoms in total. The van der Waals surface area contributed by atoms with E-state index in [1.54, 1.807) is 0 Å². The standard InChI is InChI=1S/C16H25NO5S/c1-3-21-15-6-5-12(9-16(15)22-4-2)7-8-17-13-10-23(19,20)11-14(13)18/h5-6,9,13-14,17-18H,3-4,7-8,10-11H2,1-2H3/p+1/t13-,14+/m0/s1. The lowest BCUT2D eigenvalue weighted by atomic mass is 10.1. The Hall–Kier alpha value is -1.31. The molecule has 2 atom stereocenters. The lowest BCUT2D eigenvalue weighted by Crippen LogP contribution is -2.93. The first kappa shape index (κ1) is 18.0. The molecule has 0 unspecified atom stereocenters. The maximum Gasteiger partial charge on any atom is 0.161 e. The third-order valence-corrected chi connectivity index (χ3v) is 5.62. The fourth-order valence-electron chi connectivity index (χ4n) is 2.80. The zero-order valence-corrected chi connectivity index (χ0v) is 14.5. The molecule has 1 fully saturated rings. The Kier molecular flexibility index (Phi) is 6.26. The van der Waals surface area contributed by atoms with Crippen LogP contribution in [0.15, 0.2) is 18.2 Å². The highest BCUT2D eigenvalue weighted by Crippen LogP contribution is 2.28. The zero-order valence-electron chi connectivity index (χ0n) is 13.7. The first-order valence-corrected chi connectivity index (χ1v) is 9.87. The van der Waals surface area contributed by atoms with E-state index in [9.17, 15) is 13.5 Å². The van der Waals surface area contributed by atoms with Crippen LogP contribution in [0.4, 0.5) is 0 Å². The molecule has 0 saturated carbocycles. The summed E-state index contributed by atoms with van der Waals surface area (Å²) < 4.78 is 34.1. The summed E-state index contributed by atoms with van der Waals surface area (Å²) in [6.07, 6.45) is 0.00904. The van der Waals surface area contributed by atoms with E-state index in [4.69, 9.17) is 9.47 Å². The van der Waals surface area contributed by atoms with Crippen LogP contribution in [0.1, 0.15) is 19.4 Å². The maximum atomic E-state index is 11.5. The monoisotopic (exact) mass is 344 g/mol. The lowest BCUT2D eigenvalue weighted by molar-refractivity contribution is -0.690. The molecule has 0 spiro atoms. The van der Waals surface area contributed by atoms with Gasteiger partial charge < -0.3 is 19.9 Å². The molecule has 0 radical (unpaired) electrons. The Morgan fingerprint density at radius 3 is 2.48 bits per heavy atom. The van der Waals surface area contributed by atoms with Crippen molar-refractivity contribution in [1.29, 1.82) is 0 Å². The average Bonchev–Trinajstić information content (AvgIpc) is 2.74. The Bertz CT molecular complexity index is 617. The number of quaternary nitrogens is 1. The summed E-state index contributed by atoms with van der Waals surface area (Å²) in [6.45, 7) is 5.73. The van der Waals surface area contributed by atoms with Gasteiger partial charge >= 0.3 is 0 Å². The second kappa shape index (κ2) is 7.99. The first-order chi connectivity index (χ1) is 10.9. The van der Waals surface area contributed by atoms with E-state index in [1.165, 1.54) is 0 Å². The minimum absolute atomic E-state index is 0.0572. The summed E-state index contributed by atoms with van der Waals surface area (Å²) in [5, 5.41) is 11.7. The van der Waals surface area contributed by atoms with Gasteiger partial charge in [-0.05, 0) is 31.5 Å². The van der Waals surface area contributed by atoms with Gasteiger partial charge in [0.1, 0.15) is 17.9 Å². The van der Waals surface area contributed by atoms with Crippen molar-refractivity contribution in [3.63, 3.8) is 0 Å². The van der Waals surface area contributed by atoms with Crippen molar-refractivity contribution in [2.75, 3.05) is 31.3 Å². The number of benzene rings is 1. The van der Waals surface area contributed by atoms with E-state index < -0.39 is 15.9 Å².